The molecular formula is C21H35N5O. The van der Waals surface area contributed by atoms with E-state index in [2.05, 4.69) is 15.2 Å². The van der Waals surface area contributed by atoms with Crippen molar-refractivity contribution >= 4 is 5.91 Å². The van der Waals surface area contributed by atoms with Crippen molar-refractivity contribution in [2.45, 2.75) is 83.2 Å². The molecule has 0 radical (unpaired) electrons. The number of nitrogens with zero attached hydrogens (tertiary/aromatic N) is 5. The third-order valence-corrected chi connectivity index (χ3v) is 6.91. The highest BCUT2D eigenvalue weighted by Crippen LogP contribution is 2.27. The van der Waals surface area contributed by atoms with Gasteiger partial charge < -0.3 is 4.90 Å². The summed E-state index contributed by atoms with van der Waals surface area (Å²) in [6.07, 6.45) is 16.4. The Labute approximate surface area is 163 Å². The Morgan fingerprint density at radius 2 is 1.70 bits per heavy atom. The van der Waals surface area contributed by atoms with Crippen LogP contribution in [0, 0.1) is 5.92 Å². The topological polar surface area (TPSA) is 54.3 Å². The molecule has 1 amide bonds. The molecule has 6 heteroatoms. The molecule has 2 saturated carbocycles. The summed E-state index contributed by atoms with van der Waals surface area (Å²) in [5.41, 5.74) is 0.521. The summed E-state index contributed by atoms with van der Waals surface area (Å²) in [5, 5.41) is 8.42. The lowest BCUT2D eigenvalue weighted by atomic mass is 9.87. The Balaban J connectivity index is 1.28. The van der Waals surface area contributed by atoms with Gasteiger partial charge in [-0.15, -0.1) is 5.10 Å². The quantitative estimate of drug-likeness (QED) is 0.794. The SMILES string of the molecule is O=C(c1cn(CCC2CCCCC2)nn1)N1CCCN(C2CCCC2)CC1. The Morgan fingerprint density at radius 3 is 2.52 bits per heavy atom. The first-order valence-electron chi connectivity index (χ1n) is 11.2. The minimum Gasteiger partial charge on any atom is -0.336 e. The van der Waals surface area contributed by atoms with Crippen LogP contribution in [0.15, 0.2) is 6.20 Å². The van der Waals surface area contributed by atoms with Crippen LogP contribution in [0.5, 0.6) is 0 Å². The molecule has 0 unspecified atom stereocenters. The first kappa shape index (κ1) is 18.9. The molecule has 6 nitrogen and oxygen atoms in total. The van der Waals surface area contributed by atoms with Crippen molar-refractivity contribution < 1.29 is 4.79 Å². The van der Waals surface area contributed by atoms with Crippen LogP contribution in [0.3, 0.4) is 0 Å². The Bertz CT molecular complexity index is 603. The van der Waals surface area contributed by atoms with Crippen LogP contribution in [0.1, 0.15) is 81.1 Å². The number of aromatic nitrogens is 3. The maximum Gasteiger partial charge on any atom is 0.276 e. The summed E-state index contributed by atoms with van der Waals surface area (Å²) in [4.78, 5) is 17.5. The second kappa shape index (κ2) is 9.18. The molecule has 0 spiro atoms. The molecule has 4 rings (SSSR count). The van der Waals surface area contributed by atoms with Gasteiger partial charge in [0.25, 0.3) is 5.91 Å². The molecule has 0 N–H and O–H groups in total. The summed E-state index contributed by atoms with van der Waals surface area (Å²) < 4.78 is 1.88. The van der Waals surface area contributed by atoms with E-state index >= 15 is 0 Å². The number of hydrogen-bond acceptors (Lipinski definition) is 4. The predicted molar refractivity (Wildman–Crippen MR) is 106 cm³/mol. The normalized spacial score (nSPS) is 23.6. The van der Waals surface area contributed by atoms with Crippen molar-refractivity contribution in [3.8, 4) is 0 Å². The van der Waals surface area contributed by atoms with E-state index in [4.69, 9.17) is 0 Å². The lowest BCUT2D eigenvalue weighted by Crippen LogP contribution is -2.38. The molecule has 1 aromatic rings. The van der Waals surface area contributed by atoms with E-state index in [1.807, 2.05) is 15.8 Å². The van der Waals surface area contributed by atoms with Crippen molar-refractivity contribution in [2.24, 2.45) is 5.92 Å². The van der Waals surface area contributed by atoms with Gasteiger partial charge in [0.1, 0.15) is 0 Å². The lowest BCUT2D eigenvalue weighted by Gasteiger charge is -2.27. The minimum absolute atomic E-state index is 0.0622. The van der Waals surface area contributed by atoms with Gasteiger partial charge in [-0.2, -0.15) is 0 Å². The third kappa shape index (κ3) is 4.89. The predicted octanol–water partition coefficient (Wildman–Crippen LogP) is 3.34. The van der Waals surface area contributed by atoms with Crippen LogP contribution >= 0.6 is 0 Å². The van der Waals surface area contributed by atoms with Gasteiger partial charge in [0.2, 0.25) is 0 Å². The fourth-order valence-electron chi connectivity index (χ4n) is 5.23. The number of aryl methyl sites for hydroxylation is 1. The molecule has 2 heterocycles. The molecule has 0 bridgehead atoms. The van der Waals surface area contributed by atoms with E-state index in [-0.39, 0.29) is 5.91 Å². The van der Waals surface area contributed by atoms with Gasteiger partial charge in [0.05, 0.1) is 6.20 Å². The van der Waals surface area contributed by atoms with Gasteiger partial charge >= 0.3 is 0 Å². The zero-order valence-corrected chi connectivity index (χ0v) is 16.7. The largest absolute Gasteiger partial charge is 0.336 e. The van der Waals surface area contributed by atoms with Crippen LogP contribution < -0.4 is 0 Å². The van der Waals surface area contributed by atoms with Crippen LogP contribution in [0.4, 0.5) is 0 Å². The smallest absolute Gasteiger partial charge is 0.276 e. The highest BCUT2D eigenvalue weighted by Gasteiger charge is 2.27. The summed E-state index contributed by atoms with van der Waals surface area (Å²) in [6, 6.07) is 0.751. The van der Waals surface area contributed by atoms with Gasteiger partial charge in [0.15, 0.2) is 5.69 Å². The average Bonchev–Trinajstić information content (AvgIpc) is 3.35. The molecule has 1 aromatic heterocycles. The molecular weight excluding hydrogens is 338 g/mol. The van der Waals surface area contributed by atoms with Crippen LogP contribution in [-0.2, 0) is 6.54 Å². The lowest BCUT2D eigenvalue weighted by molar-refractivity contribution is 0.0752. The van der Waals surface area contributed by atoms with Crippen molar-refractivity contribution in [3.63, 3.8) is 0 Å². The Morgan fingerprint density at radius 1 is 0.926 bits per heavy atom. The van der Waals surface area contributed by atoms with Crippen molar-refractivity contribution in [2.75, 3.05) is 26.2 Å². The van der Waals surface area contributed by atoms with Gasteiger partial charge in [0, 0.05) is 38.8 Å². The molecule has 3 aliphatic rings. The highest BCUT2D eigenvalue weighted by atomic mass is 16.2. The molecule has 1 saturated heterocycles. The minimum atomic E-state index is 0.0622. The summed E-state index contributed by atoms with van der Waals surface area (Å²) in [7, 11) is 0. The zero-order valence-electron chi connectivity index (χ0n) is 16.7. The van der Waals surface area contributed by atoms with Crippen LogP contribution in [0.2, 0.25) is 0 Å². The molecule has 1 aliphatic heterocycles. The van der Waals surface area contributed by atoms with Gasteiger partial charge in [-0.05, 0) is 31.6 Å². The van der Waals surface area contributed by atoms with Gasteiger partial charge in [-0.25, -0.2) is 0 Å². The summed E-state index contributed by atoms with van der Waals surface area (Å²) in [5.74, 6) is 0.890. The molecule has 27 heavy (non-hydrogen) atoms. The van der Waals surface area contributed by atoms with E-state index in [9.17, 15) is 4.79 Å². The summed E-state index contributed by atoms with van der Waals surface area (Å²) in [6.45, 7) is 4.69. The number of amides is 1. The van der Waals surface area contributed by atoms with E-state index in [1.54, 1.807) is 0 Å². The monoisotopic (exact) mass is 373 g/mol. The summed E-state index contributed by atoms with van der Waals surface area (Å²) >= 11 is 0. The number of carbonyl (C=O) groups is 1. The van der Waals surface area contributed by atoms with E-state index in [1.165, 1.54) is 57.8 Å². The number of rotatable bonds is 5. The first-order valence-corrected chi connectivity index (χ1v) is 11.2. The Hall–Kier alpha value is -1.43. The maximum atomic E-state index is 12.9. The van der Waals surface area contributed by atoms with Gasteiger partial charge in [-0.3, -0.25) is 14.4 Å². The Kier molecular flexibility index (Phi) is 6.43. The standard InChI is InChI=1S/C21H35N5O/c27-21(25-13-6-12-24(15-16-25)19-9-4-5-10-19)20-17-26(23-22-20)14-11-18-7-2-1-3-8-18/h17-19H,1-16H2. The zero-order chi connectivity index (χ0) is 18.5. The molecule has 2 aliphatic carbocycles. The van der Waals surface area contributed by atoms with E-state index in [0.29, 0.717) is 5.69 Å². The van der Waals surface area contributed by atoms with Crippen molar-refractivity contribution in [1.82, 2.24) is 24.8 Å². The fourth-order valence-corrected chi connectivity index (χ4v) is 5.23. The van der Waals surface area contributed by atoms with Crippen LogP contribution in [-0.4, -0.2) is 62.9 Å². The molecule has 0 atom stereocenters. The number of hydrogen-bond donors (Lipinski definition) is 0. The second-order valence-corrected chi connectivity index (χ2v) is 8.78. The molecule has 150 valence electrons. The van der Waals surface area contributed by atoms with Crippen LogP contribution in [0.25, 0.3) is 0 Å². The first-order chi connectivity index (χ1) is 13.3. The highest BCUT2D eigenvalue weighted by molar-refractivity contribution is 5.91. The molecule has 3 fully saturated rings. The molecule has 0 aromatic carbocycles. The van der Waals surface area contributed by atoms with Crippen molar-refractivity contribution in [1.29, 1.82) is 0 Å². The fraction of sp³-hybridized carbons (Fsp3) is 0.857. The third-order valence-electron chi connectivity index (χ3n) is 6.91. The maximum absolute atomic E-state index is 12.9. The number of carbonyl (C=O) groups excluding carboxylic acids is 1. The van der Waals surface area contributed by atoms with E-state index < -0.39 is 0 Å². The van der Waals surface area contributed by atoms with E-state index in [0.717, 1.165) is 57.5 Å². The van der Waals surface area contributed by atoms with Gasteiger partial charge in [-0.1, -0.05) is 50.2 Å². The van der Waals surface area contributed by atoms with Crippen molar-refractivity contribution in [3.05, 3.63) is 11.9 Å². The average molecular weight is 374 g/mol. The second-order valence-electron chi connectivity index (χ2n) is 8.78.